The second-order valence-corrected chi connectivity index (χ2v) is 9.57. The molecule has 1 heterocycles. The van der Waals surface area contributed by atoms with Gasteiger partial charge >= 0.3 is 0 Å². The zero-order chi connectivity index (χ0) is 21.3. The number of aliphatic hydroxyl groups excluding tert-OH is 1. The Morgan fingerprint density at radius 2 is 1.07 bits per heavy atom. The largest absolute Gasteiger partial charge is 0.378 e. The van der Waals surface area contributed by atoms with Crippen molar-refractivity contribution in [2.24, 2.45) is 23.7 Å². The van der Waals surface area contributed by atoms with Gasteiger partial charge in [-0.25, -0.2) is 0 Å². The van der Waals surface area contributed by atoms with E-state index in [-0.39, 0.29) is 6.10 Å². The van der Waals surface area contributed by atoms with Gasteiger partial charge < -0.3 is 28.8 Å². The van der Waals surface area contributed by atoms with Crippen molar-refractivity contribution < 1.29 is 28.8 Å². The quantitative estimate of drug-likeness (QED) is 0.507. The van der Waals surface area contributed by atoms with E-state index in [1.807, 2.05) is 0 Å². The van der Waals surface area contributed by atoms with Gasteiger partial charge in [0.25, 0.3) is 0 Å². The van der Waals surface area contributed by atoms with Crippen LogP contribution in [0.3, 0.4) is 0 Å². The predicted octanol–water partition coefficient (Wildman–Crippen LogP) is 3.50. The molecule has 5 atom stereocenters. The Bertz CT molecular complexity index is 398. The summed E-state index contributed by atoms with van der Waals surface area (Å²) in [5.74, 6) is 1.52. The molecule has 1 N–H and O–H groups in total. The Kier molecular flexibility index (Phi) is 12.1. The summed E-state index contributed by atoms with van der Waals surface area (Å²) < 4.78 is 30.2. The van der Waals surface area contributed by atoms with Crippen LogP contribution in [0, 0.1) is 23.7 Å². The lowest BCUT2D eigenvalue weighted by atomic mass is 9.97. The van der Waals surface area contributed by atoms with Gasteiger partial charge in [-0.1, -0.05) is 55.4 Å². The van der Waals surface area contributed by atoms with E-state index in [0.717, 1.165) is 0 Å². The van der Waals surface area contributed by atoms with Gasteiger partial charge in [0.15, 0.2) is 6.29 Å². The first-order valence-electron chi connectivity index (χ1n) is 10.9. The minimum Gasteiger partial charge on any atom is -0.378 e. The molecule has 6 nitrogen and oxygen atoms in total. The fraction of sp³-hybridized carbons (Fsp3) is 1.00. The summed E-state index contributed by atoms with van der Waals surface area (Å²) in [5, 5.41) is 10.7. The lowest BCUT2D eigenvalue weighted by Gasteiger charge is -2.45. The van der Waals surface area contributed by atoms with E-state index in [2.05, 4.69) is 55.4 Å². The highest BCUT2D eigenvalue weighted by molar-refractivity contribution is 4.92. The van der Waals surface area contributed by atoms with Gasteiger partial charge in [-0.05, 0) is 23.7 Å². The third-order valence-corrected chi connectivity index (χ3v) is 4.21. The zero-order valence-electron chi connectivity index (χ0n) is 19.2. The lowest BCUT2D eigenvalue weighted by Crippen LogP contribution is -2.61. The summed E-state index contributed by atoms with van der Waals surface area (Å²) in [7, 11) is 0. The summed E-state index contributed by atoms with van der Waals surface area (Å²) in [6.07, 6.45) is -2.81. The molecule has 1 saturated heterocycles. The Morgan fingerprint density at radius 3 is 1.54 bits per heavy atom. The Balaban J connectivity index is 2.97. The molecule has 0 amide bonds. The van der Waals surface area contributed by atoms with Crippen LogP contribution in [0.15, 0.2) is 0 Å². The Labute approximate surface area is 172 Å². The second kappa shape index (κ2) is 13.1. The molecule has 6 heteroatoms. The van der Waals surface area contributed by atoms with Crippen molar-refractivity contribution in [3.63, 3.8) is 0 Å². The maximum Gasteiger partial charge on any atom is 0.184 e. The standard InChI is InChI=1S/C22H44O6/c1-14(2)9-24-13-18-19(25-10-15(3)4)20(26-11-16(5)6)21(22(23)28-18)27-12-17(7)8/h14-23H,9-13H2,1-8H3. The van der Waals surface area contributed by atoms with Gasteiger partial charge in [0.1, 0.15) is 24.4 Å². The van der Waals surface area contributed by atoms with Crippen LogP contribution >= 0.6 is 0 Å². The highest BCUT2D eigenvalue weighted by atomic mass is 16.7. The first kappa shape index (κ1) is 25.8. The molecule has 0 aromatic carbocycles. The lowest BCUT2D eigenvalue weighted by molar-refractivity contribution is -0.314. The molecule has 0 bridgehead atoms. The minimum absolute atomic E-state index is 0.347. The normalized spacial score (nSPS) is 28.8. The average Bonchev–Trinajstić information content (AvgIpc) is 2.57. The van der Waals surface area contributed by atoms with Crippen LogP contribution in [-0.2, 0) is 23.7 Å². The number of rotatable bonds is 13. The topological polar surface area (TPSA) is 66.4 Å². The maximum absolute atomic E-state index is 10.7. The molecule has 1 rings (SSSR count). The molecule has 28 heavy (non-hydrogen) atoms. The molecule has 0 saturated carbocycles. The van der Waals surface area contributed by atoms with Gasteiger partial charge in [-0.15, -0.1) is 0 Å². The van der Waals surface area contributed by atoms with Crippen molar-refractivity contribution in [1.82, 2.24) is 0 Å². The molecule has 1 aliphatic rings. The van der Waals surface area contributed by atoms with Crippen molar-refractivity contribution in [2.75, 3.05) is 33.0 Å². The molecule has 168 valence electrons. The third kappa shape index (κ3) is 9.51. The average molecular weight is 405 g/mol. The van der Waals surface area contributed by atoms with E-state index in [0.29, 0.717) is 56.7 Å². The van der Waals surface area contributed by atoms with Crippen LogP contribution in [0.1, 0.15) is 55.4 Å². The Morgan fingerprint density at radius 1 is 0.643 bits per heavy atom. The molecule has 0 aromatic rings. The van der Waals surface area contributed by atoms with E-state index in [1.165, 1.54) is 0 Å². The van der Waals surface area contributed by atoms with E-state index in [1.54, 1.807) is 0 Å². The molecule has 0 aliphatic carbocycles. The summed E-state index contributed by atoms with van der Waals surface area (Å²) >= 11 is 0. The van der Waals surface area contributed by atoms with Gasteiger partial charge in [0.05, 0.1) is 6.61 Å². The maximum atomic E-state index is 10.7. The van der Waals surface area contributed by atoms with Gasteiger partial charge in [0, 0.05) is 26.4 Å². The molecular formula is C22H44O6. The van der Waals surface area contributed by atoms with Gasteiger partial charge in [-0.3, -0.25) is 0 Å². The van der Waals surface area contributed by atoms with Gasteiger partial charge in [-0.2, -0.15) is 0 Å². The molecule has 5 unspecified atom stereocenters. The molecule has 1 aliphatic heterocycles. The fourth-order valence-corrected chi connectivity index (χ4v) is 2.93. The number of aliphatic hydroxyl groups is 1. The third-order valence-electron chi connectivity index (χ3n) is 4.21. The number of ether oxygens (including phenoxy) is 5. The second-order valence-electron chi connectivity index (χ2n) is 9.57. The van der Waals surface area contributed by atoms with Crippen LogP contribution in [-0.4, -0.2) is 68.8 Å². The van der Waals surface area contributed by atoms with E-state index in [9.17, 15) is 5.11 Å². The molecule has 1 fully saturated rings. The predicted molar refractivity (Wildman–Crippen MR) is 110 cm³/mol. The SMILES string of the molecule is CC(C)COCC1OC(O)C(OCC(C)C)C(OCC(C)C)C1OCC(C)C. The monoisotopic (exact) mass is 404 g/mol. The number of hydrogen-bond acceptors (Lipinski definition) is 6. The van der Waals surface area contributed by atoms with Crippen molar-refractivity contribution in [3.05, 3.63) is 0 Å². The first-order chi connectivity index (χ1) is 13.1. The zero-order valence-corrected chi connectivity index (χ0v) is 19.2. The van der Waals surface area contributed by atoms with Crippen LogP contribution in [0.2, 0.25) is 0 Å². The van der Waals surface area contributed by atoms with E-state index >= 15 is 0 Å². The van der Waals surface area contributed by atoms with E-state index in [4.69, 9.17) is 23.7 Å². The Hall–Kier alpha value is -0.240. The van der Waals surface area contributed by atoms with Crippen LogP contribution < -0.4 is 0 Å². The smallest absolute Gasteiger partial charge is 0.184 e. The van der Waals surface area contributed by atoms with Crippen LogP contribution in [0.25, 0.3) is 0 Å². The van der Waals surface area contributed by atoms with Crippen molar-refractivity contribution >= 4 is 0 Å². The molecule has 0 radical (unpaired) electrons. The van der Waals surface area contributed by atoms with Gasteiger partial charge in [0.2, 0.25) is 0 Å². The number of hydrogen-bond donors (Lipinski definition) is 1. The highest BCUT2D eigenvalue weighted by Crippen LogP contribution is 2.29. The summed E-state index contributed by atoms with van der Waals surface area (Å²) in [6.45, 7) is 19.5. The molecule has 0 aromatic heterocycles. The first-order valence-corrected chi connectivity index (χ1v) is 10.9. The van der Waals surface area contributed by atoms with Crippen molar-refractivity contribution in [1.29, 1.82) is 0 Å². The van der Waals surface area contributed by atoms with Crippen LogP contribution in [0.5, 0.6) is 0 Å². The summed E-state index contributed by atoms with van der Waals surface area (Å²) in [6, 6.07) is 0. The van der Waals surface area contributed by atoms with E-state index < -0.39 is 24.6 Å². The van der Waals surface area contributed by atoms with Crippen molar-refractivity contribution in [3.8, 4) is 0 Å². The molecule has 0 spiro atoms. The fourth-order valence-electron chi connectivity index (χ4n) is 2.93. The minimum atomic E-state index is -1.07. The van der Waals surface area contributed by atoms with Crippen LogP contribution in [0.4, 0.5) is 0 Å². The summed E-state index contributed by atoms with van der Waals surface area (Å²) in [5.41, 5.74) is 0. The summed E-state index contributed by atoms with van der Waals surface area (Å²) in [4.78, 5) is 0. The highest BCUT2D eigenvalue weighted by Gasteiger charge is 2.48. The molecular weight excluding hydrogens is 360 g/mol. The van der Waals surface area contributed by atoms with Crippen molar-refractivity contribution in [2.45, 2.75) is 86.1 Å².